The third-order valence-electron chi connectivity index (χ3n) is 4.42. The van der Waals surface area contributed by atoms with E-state index in [1.165, 1.54) is 0 Å². The van der Waals surface area contributed by atoms with E-state index in [1.54, 1.807) is 6.20 Å². The number of piperazine rings is 1. The Morgan fingerprint density at radius 2 is 1.76 bits per heavy atom. The normalized spacial score (nSPS) is 14.9. The molecule has 2 aromatic heterocycles. The maximum atomic E-state index is 12.6. The summed E-state index contributed by atoms with van der Waals surface area (Å²) >= 11 is 0. The molecule has 1 saturated heterocycles. The van der Waals surface area contributed by atoms with Crippen molar-refractivity contribution in [2.45, 2.75) is 33.6 Å². The average molecular weight is 339 g/mol. The molecule has 0 atom stereocenters. The second-order valence-corrected chi connectivity index (χ2v) is 6.85. The Kier molecular flexibility index (Phi) is 4.97. The van der Waals surface area contributed by atoms with Gasteiger partial charge in [-0.2, -0.15) is 0 Å². The van der Waals surface area contributed by atoms with Crippen molar-refractivity contribution < 1.29 is 4.79 Å². The Labute approximate surface area is 148 Å². The first-order valence-electron chi connectivity index (χ1n) is 8.76. The van der Waals surface area contributed by atoms with Crippen LogP contribution in [0, 0.1) is 13.8 Å². The fourth-order valence-corrected chi connectivity index (χ4v) is 2.91. The molecule has 0 bridgehead atoms. The van der Waals surface area contributed by atoms with E-state index in [-0.39, 0.29) is 5.91 Å². The summed E-state index contributed by atoms with van der Waals surface area (Å²) in [5.74, 6) is 2.18. The second-order valence-electron chi connectivity index (χ2n) is 6.85. The second kappa shape index (κ2) is 7.17. The largest absolute Gasteiger partial charge is 0.353 e. The number of rotatable bonds is 3. The summed E-state index contributed by atoms with van der Waals surface area (Å²) in [6, 6.07) is 5.74. The van der Waals surface area contributed by atoms with Gasteiger partial charge in [0.15, 0.2) is 0 Å². The molecule has 6 nitrogen and oxygen atoms in total. The zero-order valence-electron chi connectivity index (χ0n) is 15.4. The molecule has 1 aliphatic rings. The minimum absolute atomic E-state index is 0.0499. The number of carbonyl (C=O) groups excluding carboxylic acids is 1. The van der Waals surface area contributed by atoms with E-state index in [2.05, 4.69) is 28.7 Å². The number of aryl methyl sites for hydroxylation is 2. The lowest BCUT2D eigenvalue weighted by atomic mass is 10.2. The van der Waals surface area contributed by atoms with Crippen LogP contribution < -0.4 is 4.90 Å². The summed E-state index contributed by atoms with van der Waals surface area (Å²) in [5, 5.41) is 0. The molecule has 0 radical (unpaired) electrons. The van der Waals surface area contributed by atoms with Crippen LogP contribution in [0.1, 0.15) is 47.3 Å². The Morgan fingerprint density at radius 3 is 2.36 bits per heavy atom. The lowest BCUT2D eigenvalue weighted by Gasteiger charge is -2.35. The molecule has 3 rings (SSSR count). The van der Waals surface area contributed by atoms with Crippen molar-refractivity contribution in [1.29, 1.82) is 0 Å². The highest BCUT2D eigenvalue weighted by molar-refractivity contribution is 5.94. The number of hydrogen-bond acceptors (Lipinski definition) is 5. The van der Waals surface area contributed by atoms with Crippen molar-refractivity contribution in [1.82, 2.24) is 19.9 Å². The lowest BCUT2D eigenvalue weighted by molar-refractivity contribution is 0.0746. The Morgan fingerprint density at radius 1 is 1.04 bits per heavy atom. The summed E-state index contributed by atoms with van der Waals surface area (Å²) in [6.45, 7) is 11.1. The molecule has 0 saturated carbocycles. The molecule has 25 heavy (non-hydrogen) atoms. The van der Waals surface area contributed by atoms with Crippen molar-refractivity contribution in [3.63, 3.8) is 0 Å². The predicted molar refractivity (Wildman–Crippen MR) is 97.9 cm³/mol. The highest BCUT2D eigenvalue weighted by Crippen LogP contribution is 2.19. The van der Waals surface area contributed by atoms with E-state index in [0.717, 1.165) is 36.1 Å². The Bertz CT molecular complexity index is 749. The van der Waals surface area contributed by atoms with Gasteiger partial charge in [-0.1, -0.05) is 13.8 Å². The zero-order chi connectivity index (χ0) is 18.0. The van der Waals surface area contributed by atoms with E-state index >= 15 is 0 Å². The average Bonchev–Trinajstić information content (AvgIpc) is 2.61. The fraction of sp³-hybridized carbons (Fsp3) is 0.474. The number of hydrogen-bond donors (Lipinski definition) is 0. The van der Waals surface area contributed by atoms with Gasteiger partial charge in [0.05, 0.1) is 5.56 Å². The van der Waals surface area contributed by atoms with Crippen molar-refractivity contribution in [2.75, 3.05) is 31.1 Å². The summed E-state index contributed by atoms with van der Waals surface area (Å²) < 4.78 is 0. The van der Waals surface area contributed by atoms with Crippen LogP contribution in [-0.2, 0) is 0 Å². The quantitative estimate of drug-likeness (QED) is 0.860. The smallest absolute Gasteiger partial charge is 0.255 e. The van der Waals surface area contributed by atoms with Crippen LogP contribution in [0.4, 0.5) is 5.82 Å². The predicted octanol–water partition coefficient (Wildman–Crippen LogP) is 2.57. The number of carbonyl (C=O) groups is 1. The molecule has 3 heterocycles. The molecule has 0 unspecified atom stereocenters. The SMILES string of the molecule is Cc1ccc(C(=O)N2CCN(c3cc(C)nc(C(C)C)n3)CC2)cn1. The maximum Gasteiger partial charge on any atom is 0.255 e. The van der Waals surface area contributed by atoms with Crippen molar-refractivity contribution in [3.05, 3.63) is 47.2 Å². The number of nitrogens with zero attached hydrogens (tertiary/aromatic N) is 5. The summed E-state index contributed by atoms with van der Waals surface area (Å²) in [4.78, 5) is 30.1. The molecule has 2 aromatic rings. The first-order valence-corrected chi connectivity index (χ1v) is 8.76. The molecule has 1 fully saturated rings. The summed E-state index contributed by atoms with van der Waals surface area (Å²) in [6.07, 6.45) is 1.66. The van der Waals surface area contributed by atoms with E-state index in [0.29, 0.717) is 24.6 Å². The Hall–Kier alpha value is -2.50. The number of pyridine rings is 1. The molecular weight excluding hydrogens is 314 g/mol. The van der Waals surface area contributed by atoms with Gasteiger partial charge in [-0.25, -0.2) is 9.97 Å². The van der Waals surface area contributed by atoms with Gasteiger partial charge in [-0.05, 0) is 26.0 Å². The monoisotopic (exact) mass is 339 g/mol. The summed E-state index contributed by atoms with van der Waals surface area (Å²) in [7, 11) is 0. The standard InChI is InChI=1S/C19H25N5O/c1-13(2)18-21-15(4)11-17(22-18)23-7-9-24(10-8-23)19(25)16-6-5-14(3)20-12-16/h5-6,11-13H,7-10H2,1-4H3. The third kappa shape index (κ3) is 3.95. The van der Waals surface area contributed by atoms with Crippen LogP contribution in [0.15, 0.2) is 24.4 Å². The molecule has 0 N–H and O–H groups in total. The first kappa shape index (κ1) is 17.3. The summed E-state index contributed by atoms with van der Waals surface area (Å²) in [5.41, 5.74) is 2.55. The van der Waals surface area contributed by atoms with Gasteiger partial charge in [-0.15, -0.1) is 0 Å². The van der Waals surface area contributed by atoms with Gasteiger partial charge < -0.3 is 9.80 Å². The van der Waals surface area contributed by atoms with Crippen LogP contribution in [-0.4, -0.2) is 51.9 Å². The van der Waals surface area contributed by atoms with E-state index in [4.69, 9.17) is 4.98 Å². The van der Waals surface area contributed by atoms with Gasteiger partial charge in [-0.3, -0.25) is 9.78 Å². The minimum Gasteiger partial charge on any atom is -0.353 e. The topological polar surface area (TPSA) is 62.2 Å². The molecule has 132 valence electrons. The van der Waals surface area contributed by atoms with Crippen LogP contribution in [0.5, 0.6) is 0 Å². The number of amides is 1. The molecule has 6 heteroatoms. The number of anilines is 1. The molecule has 1 aliphatic heterocycles. The van der Waals surface area contributed by atoms with Crippen molar-refractivity contribution >= 4 is 11.7 Å². The van der Waals surface area contributed by atoms with Crippen LogP contribution in [0.25, 0.3) is 0 Å². The zero-order valence-corrected chi connectivity index (χ0v) is 15.4. The van der Waals surface area contributed by atoms with Gasteiger partial charge in [0, 0.05) is 55.7 Å². The van der Waals surface area contributed by atoms with E-state index in [9.17, 15) is 4.79 Å². The molecule has 0 aliphatic carbocycles. The first-order chi connectivity index (χ1) is 11.9. The van der Waals surface area contributed by atoms with Crippen molar-refractivity contribution in [2.24, 2.45) is 0 Å². The molecule has 0 spiro atoms. The van der Waals surface area contributed by atoms with Crippen LogP contribution in [0.3, 0.4) is 0 Å². The van der Waals surface area contributed by atoms with Crippen molar-refractivity contribution in [3.8, 4) is 0 Å². The fourth-order valence-electron chi connectivity index (χ4n) is 2.91. The van der Waals surface area contributed by atoms with E-state index in [1.807, 2.05) is 36.9 Å². The van der Waals surface area contributed by atoms with Gasteiger partial charge >= 0.3 is 0 Å². The Balaban J connectivity index is 1.67. The van der Waals surface area contributed by atoms with E-state index < -0.39 is 0 Å². The minimum atomic E-state index is 0.0499. The van der Waals surface area contributed by atoms with Gasteiger partial charge in [0.2, 0.25) is 0 Å². The third-order valence-corrected chi connectivity index (χ3v) is 4.42. The van der Waals surface area contributed by atoms with Crippen LogP contribution >= 0.6 is 0 Å². The maximum absolute atomic E-state index is 12.6. The highest BCUT2D eigenvalue weighted by atomic mass is 16.2. The van der Waals surface area contributed by atoms with Gasteiger partial charge in [0.25, 0.3) is 5.91 Å². The molecule has 1 amide bonds. The highest BCUT2D eigenvalue weighted by Gasteiger charge is 2.23. The number of aromatic nitrogens is 3. The lowest BCUT2D eigenvalue weighted by Crippen LogP contribution is -2.49. The van der Waals surface area contributed by atoms with Crippen LogP contribution in [0.2, 0.25) is 0 Å². The molecular formula is C19H25N5O. The van der Waals surface area contributed by atoms with Gasteiger partial charge in [0.1, 0.15) is 11.6 Å². The molecule has 0 aromatic carbocycles.